The van der Waals surface area contributed by atoms with Crippen molar-refractivity contribution in [2.24, 2.45) is 0 Å². The lowest BCUT2D eigenvalue weighted by atomic mass is 9.91. The van der Waals surface area contributed by atoms with Gasteiger partial charge in [-0.15, -0.1) is 11.8 Å². The number of amides is 3. The molecule has 3 amide bonds. The maximum Gasteiger partial charge on any atom is 0.411 e. The van der Waals surface area contributed by atoms with Crippen LogP contribution in [-0.4, -0.2) is 126 Å². The van der Waals surface area contributed by atoms with Crippen LogP contribution in [0.25, 0.3) is 9.69 Å². The van der Waals surface area contributed by atoms with Crippen LogP contribution in [0, 0.1) is 76.4 Å². The fraction of sp³-hybridized carbons (Fsp3) is 0.353. The number of aryl methyl sites for hydroxylation is 1. The summed E-state index contributed by atoms with van der Waals surface area (Å²) in [6, 6.07) is 51.3. The lowest BCUT2D eigenvalue weighted by Crippen LogP contribution is -2.50. The number of carbonyl (C=O) groups is 7. The van der Waals surface area contributed by atoms with Gasteiger partial charge in [0.1, 0.15) is 90.4 Å². The van der Waals surface area contributed by atoms with E-state index in [1.165, 1.54) is 43.1 Å². The molecular weight excluding hydrogens is 1680 g/mol. The van der Waals surface area contributed by atoms with Crippen molar-refractivity contribution in [3.05, 3.63) is 290 Å². The van der Waals surface area contributed by atoms with Crippen LogP contribution in [-0.2, 0) is 131 Å². The monoisotopic (exact) mass is 1790 g/mol. The number of nitrogens with zero attached hydrogens (tertiary/aromatic N) is 5. The molecule has 127 heavy (non-hydrogen) atoms. The van der Waals surface area contributed by atoms with Gasteiger partial charge in [-0.1, -0.05) is 171 Å². The summed E-state index contributed by atoms with van der Waals surface area (Å²) in [5.41, 5.74) is 11.1. The predicted molar refractivity (Wildman–Crippen MR) is 490 cm³/mol. The molecule has 8 aromatic rings. The number of fused-ring (bicyclic) bond motifs is 4. The van der Waals surface area contributed by atoms with Gasteiger partial charge in [-0.2, -0.15) is 6.92 Å². The van der Waals surface area contributed by atoms with Crippen LogP contribution in [0.3, 0.4) is 0 Å². The first-order valence-corrected chi connectivity index (χ1v) is 41.6. The molecular formula is C102H114BrN6O18-3. The Morgan fingerprint density at radius 3 is 1.00 bits per heavy atom. The van der Waals surface area contributed by atoms with Gasteiger partial charge in [0, 0.05) is 43.4 Å². The van der Waals surface area contributed by atoms with E-state index >= 15 is 0 Å². The number of methoxy groups -OCH3 is 4. The van der Waals surface area contributed by atoms with Crippen molar-refractivity contribution >= 4 is 69.5 Å². The van der Waals surface area contributed by atoms with Gasteiger partial charge in [0.05, 0.1) is 65.7 Å². The molecule has 4 heterocycles. The van der Waals surface area contributed by atoms with E-state index in [1.807, 2.05) is 172 Å². The van der Waals surface area contributed by atoms with Crippen molar-refractivity contribution in [2.75, 3.05) is 28.4 Å². The zero-order valence-electron chi connectivity index (χ0n) is 75.5. The fourth-order valence-electron chi connectivity index (χ4n) is 13.2. The number of carbonyl (C=O) groups excluding carboxylic acids is 7. The molecule has 0 spiro atoms. The van der Waals surface area contributed by atoms with Crippen molar-refractivity contribution in [1.82, 2.24) is 20.0 Å². The van der Waals surface area contributed by atoms with Gasteiger partial charge < -0.3 is 89.0 Å². The van der Waals surface area contributed by atoms with Gasteiger partial charge >= 0.3 is 42.2 Å². The SMILES string of the molecule is CC#CC.COC(=O)C1Cc2c(ccc(Br)c2OCc2ccccc2)CN1C(=O)OC(C)(C)C.COC(=O)C1Cc2c(ccc(C)c2OCc2ccccc2)CN1C(=O)OC(C)(C)C.[C-]#[N+]c1ccc2c(c1OCc1ccccc1)CC(C(=O)OC)N(C(=O)OC(C)(C)C)C2.[C-]#[N+]c1ccc2c(c1OCc1ccccc1)CC(C(=O)OC)NC2.[CH2-]C#CC.[CH2-]C#C[CH2-]. The third kappa shape index (κ3) is 31.2. The van der Waals surface area contributed by atoms with Crippen LogP contribution in [0.4, 0.5) is 25.8 Å². The van der Waals surface area contributed by atoms with E-state index in [4.69, 9.17) is 65.2 Å². The van der Waals surface area contributed by atoms with Gasteiger partial charge in [0.2, 0.25) is 11.4 Å². The van der Waals surface area contributed by atoms with Crippen LogP contribution in [0.1, 0.15) is 155 Å². The van der Waals surface area contributed by atoms with Gasteiger partial charge in [-0.05, 0) is 166 Å². The smallest absolute Gasteiger partial charge is 0.411 e. The fourth-order valence-corrected chi connectivity index (χ4v) is 13.7. The maximum absolute atomic E-state index is 12.8. The van der Waals surface area contributed by atoms with E-state index in [0.717, 1.165) is 82.5 Å². The summed E-state index contributed by atoms with van der Waals surface area (Å²) in [5, 5.41) is 3.16. The van der Waals surface area contributed by atoms with Crippen molar-refractivity contribution in [3.63, 3.8) is 0 Å². The van der Waals surface area contributed by atoms with Gasteiger partial charge in [0.15, 0.2) is 0 Å². The second-order valence-corrected chi connectivity index (χ2v) is 32.6. The Balaban J connectivity index is 0.000000251. The number of nitrogens with one attached hydrogen (secondary N) is 1. The number of hydrogen-bond acceptors (Lipinski definition) is 19. The molecule has 1 N–H and O–H groups in total. The Bertz CT molecular complexity index is 5110. The van der Waals surface area contributed by atoms with Gasteiger partial charge in [-0.3, -0.25) is 25.4 Å². The van der Waals surface area contributed by atoms with Crippen molar-refractivity contribution in [2.45, 2.75) is 209 Å². The molecule has 0 saturated heterocycles. The molecule has 12 rings (SSSR count). The Hall–Kier alpha value is -13.6. The lowest BCUT2D eigenvalue weighted by Gasteiger charge is -2.37. The quantitative estimate of drug-likeness (QED) is 0.0408. The minimum Gasteiger partial charge on any atom is -0.525 e. The molecule has 0 aromatic heterocycles. The number of rotatable bonds is 16. The Morgan fingerprint density at radius 2 is 0.693 bits per heavy atom. The van der Waals surface area contributed by atoms with Crippen molar-refractivity contribution < 1.29 is 85.7 Å². The second-order valence-electron chi connectivity index (χ2n) is 31.8. The summed E-state index contributed by atoms with van der Waals surface area (Å²) >= 11 is 3.56. The minimum atomic E-state index is -0.868. The van der Waals surface area contributed by atoms with Crippen LogP contribution in [0.2, 0.25) is 0 Å². The van der Waals surface area contributed by atoms with E-state index in [9.17, 15) is 33.6 Å². The molecule has 670 valence electrons. The zero-order valence-corrected chi connectivity index (χ0v) is 77.1. The summed E-state index contributed by atoms with van der Waals surface area (Å²) in [4.78, 5) is 99.1. The highest BCUT2D eigenvalue weighted by Crippen LogP contribution is 2.43. The zero-order chi connectivity index (χ0) is 93.6. The molecule has 4 aliphatic rings. The highest BCUT2D eigenvalue weighted by atomic mass is 79.9. The van der Waals surface area contributed by atoms with E-state index in [1.54, 1.807) is 87.4 Å². The largest absolute Gasteiger partial charge is 0.525 e. The van der Waals surface area contributed by atoms with Gasteiger partial charge in [-0.25, -0.2) is 38.5 Å². The molecule has 0 bridgehead atoms. The molecule has 4 unspecified atom stereocenters. The van der Waals surface area contributed by atoms with Gasteiger partial charge in [0.25, 0.3) is 0 Å². The third-order valence-electron chi connectivity index (χ3n) is 19.3. The average molecular weight is 1790 g/mol. The molecule has 0 saturated carbocycles. The molecule has 0 fully saturated rings. The van der Waals surface area contributed by atoms with Crippen molar-refractivity contribution in [1.29, 1.82) is 0 Å². The number of esters is 4. The first-order valence-electron chi connectivity index (χ1n) is 40.8. The number of benzene rings is 8. The first-order chi connectivity index (χ1) is 60.6. The molecule has 24 nitrogen and oxygen atoms in total. The number of hydrogen-bond donors (Lipinski definition) is 1. The number of halogens is 1. The third-order valence-corrected chi connectivity index (χ3v) is 19.9. The van der Waals surface area contributed by atoms with E-state index in [0.29, 0.717) is 74.4 Å². The predicted octanol–water partition coefficient (Wildman–Crippen LogP) is 19.5. The normalized spacial score (nSPS) is 14.6. The highest BCUT2D eigenvalue weighted by molar-refractivity contribution is 9.10. The summed E-state index contributed by atoms with van der Waals surface area (Å²) < 4.78 is 61.4. The van der Waals surface area contributed by atoms with Crippen LogP contribution in [0.5, 0.6) is 23.0 Å². The summed E-state index contributed by atoms with van der Waals surface area (Å²) in [7, 11) is 5.31. The Morgan fingerprint density at radius 1 is 0.402 bits per heavy atom. The van der Waals surface area contributed by atoms with Crippen LogP contribution in [0.15, 0.2) is 174 Å². The topological polar surface area (TPSA) is 251 Å². The van der Waals surface area contributed by atoms with E-state index in [-0.39, 0.29) is 38.4 Å². The molecule has 25 heteroatoms. The van der Waals surface area contributed by atoms with Crippen molar-refractivity contribution in [3.8, 4) is 58.5 Å². The molecule has 8 aromatic carbocycles. The minimum absolute atomic E-state index is 0.157. The number of ether oxygens (including phenoxy) is 11. The second kappa shape index (κ2) is 50.3. The highest BCUT2D eigenvalue weighted by Gasteiger charge is 2.43. The maximum atomic E-state index is 12.8. The molecule has 0 aliphatic carbocycles. The Labute approximate surface area is 757 Å². The standard InChI is InChI=1S/C24H26N2O5.C24H29NO5.C23H26BrNO5.C19H18N2O3.C4H6.C4H5.C4H4/c1-24(2,3)31-23(28)26-14-17-11-12-19(25-4)21(18(17)13-20(26)22(27)29-5)30-15-16-9-7-6-8-10-16;1-16-11-12-18-14-25(23(27)30-24(2,3)4)20(22(26)28-5)13-19(18)21(16)29-15-17-9-7-6-8-10-17;1-23(2,3)30-22(27)25-13-16-10-11-18(24)20(17(16)12-19(25)21(26)28-4)29-14-15-8-6-5-7-9-15;1-20-16-9-8-14-11-21-17(19(22)23-2)10-15(14)18(16)24-12-13-6-4-3-5-7-13;3*1-3-4-2/h6-12,20H,13-15H2,1-3,5H3;6-12,20H,13-15H2,1-5H3;5-11,19H,12-14H2,1-4H3;3-9,17,21H,10-12H2,2H3;1-2H3;1H2,2H3;1-2H2/q;;;;;-1;-2. The first kappa shape index (κ1) is 102. The summed E-state index contributed by atoms with van der Waals surface area (Å²) in [6.07, 6.45) is -0.439. The van der Waals surface area contributed by atoms with Crippen LogP contribution < -0.4 is 24.3 Å². The molecule has 4 atom stereocenters. The van der Waals surface area contributed by atoms with E-state index in [2.05, 4.69) is 87.2 Å². The van der Waals surface area contributed by atoms with E-state index < -0.39 is 77.2 Å². The average Bonchev–Trinajstić information content (AvgIpc) is 0.773. The summed E-state index contributed by atoms with van der Waals surface area (Å²) in [6.45, 7) is 50.7. The lowest BCUT2D eigenvalue weighted by molar-refractivity contribution is -0.148. The Kier molecular flexibility index (Phi) is 40.5. The summed E-state index contributed by atoms with van der Waals surface area (Å²) in [5.74, 6) is 15.6. The molecule has 0 radical (unpaired) electrons. The molecule has 4 aliphatic heterocycles. The van der Waals surface area contributed by atoms with Crippen LogP contribution >= 0.6 is 15.9 Å².